The Morgan fingerprint density at radius 1 is 0.935 bits per heavy atom. The van der Waals surface area contributed by atoms with Gasteiger partial charge >= 0.3 is 0 Å². The molecule has 1 N–H and O–H groups in total. The van der Waals surface area contributed by atoms with Gasteiger partial charge in [-0.3, -0.25) is 5.41 Å². The number of nitrogens with zero attached hydrogens (tertiary/aromatic N) is 3. The highest BCUT2D eigenvalue weighted by atomic mass is 16.7. The van der Waals surface area contributed by atoms with Gasteiger partial charge < -0.3 is 9.47 Å². The van der Waals surface area contributed by atoms with Gasteiger partial charge in [0.1, 0.15) is 6.10 Å². The molecule has 0 aliphatic carbocycles. The van der Waals surface area contributed by atoms with E-state index in [1.165, 1.54) is 0 Å². The van der Waals surface area contributed by atoms with Gasteiger partial charge in [-0.15, -0.1) is 0 Å². The number of nitriles is 3. The zero-order valence-electron chi connectivity index (χ0n) is 17.4. The van der Waals surface area contributed by atoms with Crippen LogP contribution in [0, 0.1) is 56.2 Å². The van der Waals surface area contributed by atoms with Gasteiger partial charge in [-0.25, -0.2) is 0 Å². The van der Waals surface area contributed by atoms with Crippen LogP contribution in [0.15, 0.2) is 54.6 Å². The third kappa shape index (κ3) is 2.42. The lowest BCUT2D eigenvalue weighted by atomic mass is 9.52. The van der Waals surface area contributed by atoms with E-state index < -0.39 is 28.6 Å². The Hall–Kier alpha value is -3.66. The topological polar surface area (TPSA) is 114 Å². The van der Waals surface area contributed by atoms with E-state index in [4.69, 9.17) is 14.9 Å². The monoisotopic (exact) mass is 410 g/mol. The number of benzene rings is 2. The van der Waals surface area contributed by atoms with Gasteiger partial charge in [0.15, 0.2) is 5.41 Å². The van der Waals surface area contributed by atoms with Crippen molar-refractivity contribution in [2.75, 3.05) is 0 Å². The molecule has 154 valence electrons. The van der Waals surface area contributed by atoms with Crippen LogP contribution in [0.2, 0.25) is 0 Å². The summed E-state index contributed by atoms with van der Waals surface area (Å²) in [6.45, 7) is 3.90. The van der Waals surface area contributed by atoms with Crippen molar-refractivity contribution in [3.05, 3.63) is 71.3 Å². The second-order valence-electron chi connectivity index (χ2n) is 7.97. The predicted molar refractivity (Wildman–Crippen MR) is 112 cm³/mol. The second-order valence-corrected chi connectivity index (χ2v) is 7.97. The standard InChI is InChI=1S/C25H22N4O2/c1-3-17-10-12-18(13-11-17)21-23(14-26,15-27)24(16-28)20(4-2)25(30-21,31-22(24)29)19-8-6-5-7-9-19/h5-13,20-21,29H,3-4H2,1-2H3. The first kappa shape index (κ1) is 20.6. The van der Waals surface area contributed by atoms with Crippen LogP contribution in [-0.2, 0) is 21.7 Å². The van der Waals surface area contributed by atoms with Crippen molar-refractivity contribution in [3.63, 3.8) is 0 Å². The fraction of sp³-hybridized carbons (Fsp3) is 0.360. The largest absolute Gasteiger partial charge is 0.443 e. The van der Waals surface area contributed by atoms with E-state index in [2.05, 4.69) is 18.2 Å². The van der Waals surface area contributed by atoms with Crippen molar-refractivity contribution in [1.82, 2.24) is 0 Å². The first-order valence-corrected chi connectivity index (χ1v) is 10.3. The third-order valence-corrected chi connectivity index (χ3v) is 6.71. The van der Waals surface area contributed by atoms with Crippen molar-refractivity contribution >= 4 is 5.90 Å². The van der Waals surface area contributed by atoms with Crippen LogP contribution < -0.4 is 0 Å². The normalized spacial score (nSPS) is 30.5. The molecular weight excluding hydrogens is 388 g/mol. The molecule has 6 nitrogen and oxygen atoms in total. The SMILES string of the molecule is CCc1ccc(C2OC3(c4ccccc4)OC(=N)C(C#N)(C3CC)C2(C#N)C#N)cc1. The molecule has 2 bridgehead atoms. The van der Waals surface area contributed by atoms with E-state index in [1.807, 2.05) is 68.4 Å². The van der Waals surface area contributed by atoms with Crippen LogP contribution in [-0.4, -0.2) is 5.90 Å². The average Bonchev–Trinajstić information content (AvgIpc) is 3.03. The Balaban J connectivity index is 2.03. The lowest BCUT2D eigenvalue weighted by molar-refractivity contribution is -0.292. The maximum absolute atomic E-state index is 10.4. The Morgan fingerprint density at radius 2 is 1.58 bits per heavy atom. The summed E-state index contributed by atoms with van der Waals surface area (Å²) in [6.07, 6.45) is 0.158. The molecule has 0 amide bonds. The van der Waals surface area contributed by atoms with Gasteiger partial charge in [-0.1, -0.05) is 68.4 Å². The predicted octanol–water partition coefficient (Wildman–Crippen LogP) is 4.75. The molecule has 2 heterocycles. The minimum absolute atomic E-state index is 0.386. The van der Waals surface area contributed by atoms with Crippen LogP contribution in [0.5, 0.6) is 0 Å². The third-order valence-electron chi connectivity index (χ3n) is 6.71. The number of fused-ring (bicyclic) bond motifs is 2. The van der Waals surface area contributed by atoms with E-state index in [1.54, 1.807) is 0 Å². The number of hydrogen-bond donors (Lipinski definition) is 1. The van der Waals surface area contributed by atoms with Gasteiger partial charge in [0.05, 0.1) is 24.1 Å². The first-order valence-electron chi connectivity index (χ1n) is 10.3. The van der Waals surface area contributed by atoms with Crippen molar-refractivity contribution in [1.29, 1.82) is 21.2 Å². The maximum atomic E-state index is 10.4. The van der Waals surface area contributed by atoms with Crippen LogP contribution in [0.3, 0.4) is 0 Å². The number of ether oxygens (including phenoxy) is 2. The molecule has 31 heavy (non-hydrogen) atoms. The van der Waals surface area contributed by atoms with Gasteiger partial charge in [-0.2, -0.15) is 15.8 Å². The molecule has 2 saturated heterocycles. The molecule has 2 aromatic carbocycles. The molecule has 2 aromatic rings. The molecule has 2 aliphatic heterocycles. The molecule has 0 aromatic heterocycles. The lowest BCUT2D eigenvalue weighted by Crippen LogP contribution is -2.58. The second kappa shape index (κ2) is 7.24. The van der Waals surface area contributed by atoms with E-state index in [-0.39, 0.29) is 5.90 Å². The van der Waals surface area contributed by atoms with E-state index in [0.717, 1.165) is 12.0 Å². The van der Waals surface area contributed by atoms with Crippen molar-refractivity contribution < 1.29 is 9.47 Å². The van der Waals surface area contributed by atoms with Gasteiger partial charge in [0, 0.05) is 5.56 Å². The summed E-state index contributed by atoms with van der Waals surface area (Å²) in [5.41, 5.74) is -1.35. The smallest absolute Gasteiger partial charge is 0.244 e. The van der Waals surface area contributed by atoms with E-state index in [0.29, 0.717) is 17.5 Å². The molecule has 0 radical (unpaired) electrons. The summed E-state index contributed by atoms with van der Waals surface area (Å²) in [7, 11) is 0. The lowest BCUT2D eigenvalue weighted by Gasteiger charge is -2.49. The van der Waals surface area contributed by atoms with E-state index in [9.17, 15) is 15.8 Å². The zero-order chi connectivity index (χ0) is 22.3. The summed E-state index contributed by atoms with van der Waals surface area (Å²) < 4.78 is 12.6. The van der Waals surface area contributed by atoms with Crippen LogP contribution in [0.1, 0.15) is 43.1 Å². The highest BCUT2D eigenvalue weighted by Gasteiger charge is 2.80. The van der Waals surface area contributed by atoms with Crippen molar-refractivity contribution in [3.8, 4) is 18.2 Å². The quantitative estimate of drug-likeness (QED) is 0.781. The maximum Gasteiger partial charge on any atom is 0.244 e. The summed E-state index contributed by atoms with van der Waals surface area (Å²) in [5.74, 6) is -2.53. The van der Waals surface area contributed by atoms with Gasteiger partial charge in [0.25, 0.3) is 0 Å². The minimum atomic E-state index is -1.94. The van der Waals surface area contributed by atoms with Gasteiger partial charge in [-0.05, 0) is 24.0 Å². The molecule has 4 rings (SSSR count). The van der Waals surface area contributed by atoms with Crippen molar-refractivity contribution in [2.45, 2.75) is 38.6 Å². The molecule has 0 saturated carbocycles. The fourth-order valence-corrected chi connectivity index (χ4v) is 5.13. The van der Waals surface area contributed by atoms with E-state index >= 15 is 0 Å². The number of nitrogens with one attached hydrogen (secondary N) is 1. The Labute approximate surface area is 181 Å². The molecule has 4 atom stereocenters. The number of hydrogen-bond acceptors (Lipinski definition) is 6. The fourth-order valence-electron chi connectivity index (χ4n) is 5.13. The highest BCUT2D eigenvalue weighted by molar-refractivity contribution is 5.89. The molecule has 4 unspecified atom stereocenters. The Morgan fingerprint density at radius 3 is 2.10 bits per heavy atom. The van der Waals surface area contributed by atoms with Crippen LogP contribution >= 0.6 is 0 Å². The number of rotatable bonds is 4. The summed E-state index contributed by atoms with van der Waals surface area (Å²) in [4.78, 5) is 0. The minimum Gasteiger partial charge on any atom is -0.443 e. The van der Waals surface area contributed by atoms with Crippen LogP contribution in [0.4, 0.5) is 0 Å². The highest BCUT2D eigenvalue weighted by Crippen LogP contribution is 2.69. The van der Waals surface area contributed by atoms with Crippen LogP contribution in [0.25, 0.3) is 0 Å². The van der Waals surface area contributed by atoms with Gasteiger partial charge in [0.2, 0.25) is 17.1 Å². The molecule has 2 fully saturated rings. The zero-order valence-corrected chi connectivity index (χ0v) is 17.4. The summed E-state index contributed by atoms with van der Waals surface area (Å²) in [6, 6.07) is 23.1. The number of aryl methyl sites for hydroxylation is 1. The Kier molecular flexibility index (Phi) is 4.81. The Bertz CT molecular complexity index is 1130. The van der Waals surface area contributed by atoms with Crippen molar-refractivity contribution in [2.24, 2.45) is 16.7 Å². The summed E-state index contributed by atoms with van der Waals surface area (Å²) >= 11 is 0. The molecular formula is C25H22N4O2. The summed E-state index contributed by atoms with van der Waals surface area (Å²) in [5, 5.41) is 39.7. The average molecular weight is 410 g/mol. The molecule has 2 aliphatic rings. The molecule has 6 heteroatoms. The molecule has 0 spiro atoms. The first-order chi connectivity index (χ1) is 15.0.